The summed E-state index contributed by atoms with van der Waals surface area (Å²) in [4.78, 5) is 9.74. The zero-order valence-electron chi connectivity index (χ0n) is 9.34. The van der Waals surface area contributed by atoms with E-state index in [1.165, 1.54) is 18.6 Å². The van der Waals surface area contributed by atoms with E-state index >= 15 is 0 Å². The second kappa shape index (κ2) is 5.85. The largest absolute Gasteiger partial charge is 0.499 e. The molecule has 0 amide bonds. The van der Waals surface area contributed by atoms with Crippen LogP contribution in [0.15, 0.2) is 24.3 Å². The lowest BCUT2D eigenvalue weighted by Gasteiger charge is -2.20. The van der Waals surface area contributed by atoms with Gasteiger partial charge in [0.05, 0.1) is 6.61 Å². The lowest BCUT2D eigenvalue weighted by molar-refractivity contribution is -0.360. The van der Waals surface area contributed by atoms with Crippen LogP contribution in [0.1, 0.15) is 5.56 Å². The highest BCUT2D eigenvalue weighted by Crippen LogP contribution is 2.37. The molecule has 0 fully saturated rings. The Hall–Kier alpha value is -1.86. The summed E-state index contributed by atoms with van der Waals surface area (Å²) in [7, 11) is 0. The Bertz CT molecular complexity index is 413. The molecule has 0 spiro atoms. The molecule has 0 heterocycles. The van der Waals surface area contributed by atoms with Crippen molar-refractivity contribution in [3.05, 3.63) is 29.8 Å². The predicted octanol–water partition coefficient (Wildman–Crippen LogP) is 2.85. The molecular formula is C11H8F5O3. The van der Waals surface area contributed by atoms with Gasteiger partial charge in [-0.3, -0.25) is 0 Å². The Morgan fingerprint density at radius 2 is 1.63 bits per heavy atom. The highest BCUT2D eigenvalue weighted by atomic mass is 19.4. The molecule has 0 aromatic heterocycles. The van der Waals surface area contributed by atoms with Crippen molar-refractivity contribution in [3.8, 4) is 5.75 Å². The molecule has 0 N–H and O–H groups in total. The minimum absolute atomic E-state index is 0.0302. The van der Waals surface area contributed by atoms with Crippen molar-refractivity contribution in [1.82, 2.24) is 0 Å². The standard InChI is InChI=1S/C11H8F5O3/c12-10(13,14)11(15,16)19-9-3-1-8(2-4-9)5-6-18-7-17/h1-4H,5-6H2. The van der Waals surface area contributed by atoms with Crippen molar-refractivity contribution in [2.75, 3.05) is 6.61 Å². The van der Waals surface area contributed by atoms with E-state index in [2.05, 4.69) is 9.47 Å². The third-order valence-corrected chi connectivity index (χ3v) is 2.05. The minimum Gasteiger partial charge on any atom is -0.457 e. The predicted molar refractivity (Wildman–Crippen MR) is 53.4 cm³/mol. The van der Waals surface area contributed by atoms with E-state index in [0.29, 0.717) is 5.56 Å². The van der Waals surface area contributed by atoms with Crippen molar-refractivity contribution >= 4 is 6.47 Å². The maximum Gasteiger partial charge on any atom is 0.499 e. The van der Waals surface area contributed by atoms with Gasteiger partial charge in [0.2, 0.25) is 0 Å². The van der Waals surface area contributed by atoms with Gasteiger partial charge >= 0.3 is 18.8 Å². The molecule has 0 unspecified atom stereocenters. The maximum absolute atomic E-state index is 12.6. The monoisotopic (exact) mass is 283 g/mol. The van der Waals surface area contributed by atoms with E-state index in [-0.39, 0.29) is 13.0 Å². The lowest BCUT2D eigenvalue weighted by atomic mass is 10.1. The molecule has 0 aliphatic carbocycles. The van der Waals surface area contributed by atoms with Crippen LogP contribution in [-0.2, 0) is 16.0 Å². The average molecular weight is 283 g/mol. The molecule has 1 rings (SSSR count). The van der Waals surface area contributed by atoms with Crippen molar-refractivity contribution in [3.63, 3.8) is 0 Å². The molecule has 1 aromatic carbocycles. The number of carbonyl (C=O) groups excluding carboxylic acids is 1. The number of benzene rings is 1. The summed E-state index contributed by atoms with van der Waals surface area (Å²) in [6, 6.07) is 4.52. The zero-order chi connectivity index (χ0) is 14.5. The molecule has 3 nitrogen and oxygen atoms in total. The minimum atomic E-state index is -5.78. The Morgan fingerprint density at radius 1 is 1.05 bits per heavy atom. The summed E-state index contributed by atoms with van der Waals surface area (Å²) in [6.45, 7) is 1.23. The highest BCUT2D eigenvalue weighted by Gasteiger charge is 2.61. The van der Waals surface area contributed by atoms with Gasteiger partial charge in [-0.15, -0.1) is 0 Å². The van der Waals surface area contributed by atoms with Gasteiger partial charge in [0.25, 0.3) is 0 Å². The number of alkyl halides is 5. The molecule has 0 saturated heterocycles. The molecule has 1 radical (unpaired) electrons. The van der Waals surface area contributed by atoms with E-state index in [1.807, 2.05) is 0 Å². The van der Waals surface area contributed by atoms with Crippen LogP contribution >= 0.6 is 0 Å². The van der Waals surface area contributed by atoms with E-state index in [9.17, 15) is 26.7 Å². The van der Waals surface area contributed by atoms with Crippen LogP contribution in [0.25, 0.3) is 0 Å². The normalized spacial score (nSPS) is 12.1. The molecule has 0 atom stereocenters. The second-order valence-electron chi connectivity index (χ2n) is 3.44. The first-order chi connectivity index (χ1) is 8.76. The zero-order valence-corrected chi connectivity index (χ0v) is 9.34. The van der Waals surface area contributed by atoms with Crippen LogP contribution in [0.4, 0.5) is 22.0 Å². The molecule has 8 heteroatoms. The molecule has 105 valence electrons. The van der Waals surface area contributed by atoms with Gasteiger partial charge in [0.1, 0.15) is 5.75 Å². The van der Waals surface area contributed by atoms with Crippen molar-refractivity contribution in [2.24, 2.45) is 0 Å². The lowest BCUT2D eigenvalue weighted by Crippen LogP contribution is -2.41. The number of halogens is 5. The molecule has 0 aliphatic rings. The first-order valence-electron chi connectivity index (χ1n) is 4.98. The number of rotatable bonds is 6. The molecule has 0 saturated carbocycles. The van der Waals surface area contributed by atoms with Crippen LogP contribution in [-0.4, -0.2) is 25.4 Å². The van der Waals surface area contributed by atoms with Crippen LogP contribution < -0.4 is 4.74 Å². The number of ether oxygens (including phenoxy) is 2. The van der Waals surface area contributed by atoms with E-state index in [0.717, 1.165) is 12.1 Å². The van der Waals surface area contributed by atoms with Gasteiger partial charge < -0.3 is 9.47 Å². The van der Waals surface area contributed by atoms with Crippen LogP contribution in [0.3, 0.4) is 0 Å². The van der Waals surface area contributed by atoms with Gasteiger partial charge in [0.15, 0.2) is 0 Å². The molecule has 19 heavy (non-hydrogen) atoms. The smallest absolute Gasteiger partial charge is 0.457 e. The van der Waals surface area contributed by atoms with E-state index < -0.39 is 18.0 Å². The van der Waals surface area contributed by atoms with Crippen LogP contribution in [0.5, 0.6) is 5.75 Å². The topological polar surface area (TPSA) is 35.5 Å². The Morgan fingerprint density at radius 3 is 2.11 bits per heavy atom. The summed E-state index contributed by atoms with van der Waals surface area (Å²) in [6.07, 6.45) is -10.7. The van der Waals surface area contributed by atoms with Gasteiger partial charge in [-0.2, -0.15) is 22.0 Å². The maximum atomic E-state index is 12.6. The second-order valence-corrected chi connectivity index (χ2v) is 3.44. The van der Waals surface area contributed by atoms with Gasteiger partial charge in [-0.1, -0.05) is 12.1 Å². The van der Waals surface area contributed by atoms with Gasteiger partial charge in [0, 0.05) is 6.42 Å². The highest BCUT2D eigenvalue weighted by molar-refractivity contribution is 5.38. The SMILES string of the molecule is O=[C]OCCc1ccc(OC(F)(F)C(F)(F)F)cc1. The van der Waals surface area contributed by atoms with Crippen LogP contribution in [0, 0.1) is 0 Å². The quantitative estimate of drug-likeness (QED) is 0.595. The van der Waals surface area contributed by atoms with Crippen molar-refractivity contribution in [1.29, 1.82) is 0 Å². The Kier molecular flexibility index (Phi) is 4.68. The van der Waals surface area contributed by atoms with Crippen LogP contribution in [0.2, 0.25) is 0 Å². The average Bonchev–Trinajstić information content (AvgIpc) is 2.30. The fraction of sp³-hybridized carbons (Fsp3) is 0.364. The summed E-state index contributed by atoms with van der Waals surface area (Å²) < 4.78 is 68.6. The third-order valence-electron chi connectivity index (χ3n) is 2.05. The van der Waals surface area contributed by atoms with Gasteiger partial charge in [-0.25, -0.2) is 4.79 Å². The fourth-order valence-corrected chi connectivity index (χ4v) is 1.14. The Labute approximate surface area is 104 Å². The molecule has 1 aromatic rings. The summed E-state index contributed by atoms with van der Waals surface area (Å²) >= 11 is 0. The Balaban J connectivity index is 2.64. The molecule has 0 bridgehead atoms. The van der Waals surface area contributed by atoms with Crippen molar-refractivity contribution in [2.45, 2.75) is 18.7 Å². The summed E-state index contributed by atoms with van der Waals surface area (Å²) in [5.41, 5.74) is 0.581. The molecule has 0 aliphatic heterocycles. The number of hydrogen-bond acceptors (Lipinski definition) is 3. The fourth-order valence-electron chi connectivity index (χ4n) is 1.14. The summed E-state index contributed by atoms with van der Waals surface area (Å²) in [5, 5.41) is 0. The van der Waals surface area contributed by atoms with E-state index in [4.69, 9.17) is 0 Å². The van der Waals surface area contributed by atoms with E-state index in [1.54, 1.807) is 0 Å². The first-order valence-corrected chi connectivity index (χ1v) is 4.98. The van der Waals surface area contributed by atoms with Crippen molar-refractivity contribution < 1.29 is 36.2 Å². The van der Waals surface area contributed by atoms with Gasteiger partial charge in [-0.05, 0) is 17.7 Å². The first kappa shape index (κ1) is 15.2. The third kappa shape index (κ3) is 4.38. The molecular weight excluding hydrogens is 275 g/mol. The number of hydrogen-bond donors (Lipinski definition) is 0. The summed E-state index contributed by atoms with van der Waals surface area (Å²) in [5.74, 6) is -0.617.